The summed E-state index contributed by atoms with van der Waals surface area (Å²) in [6.45, 7) is 2.00. The molecule has 0 aliphatic carbocycles. The number of hydrogen-bond donors (Lipinski definition) is 0. The standard InChI is InChI=1S/C21H22F3N3O2/c1-26(2)10-11-29-25-17-8-9-27-18-12-15(21(22,23)24)6-7-19(18)28-13-14-4-3-5-16(17)20(14)27/h3-7,12H,8-11,13H2,1-2H3/b25-17-. The van der Waals surface area contributed by atoms with E-state index < -0.39 is 11.7 Å². The van der Waals surface area contributed by atoms with Gasteiger partial charge in [-0.1, -0.05) is 23.4 Å². The molecule has 2 heterocycles. The molecule has 2 aliphatic rings. The van der Waals surface area contributed by atoms with Crippen molar-refractivity contribution in [1.82, 2.24) is 4.90 Å². The first kappa shape index (κ1) is 19.6. The van der Waals surface area contributed by atoms with Crippen LogP contribution in [0.5, 0.6) is 5.75 Å². The highest BCUT2D eigenvalue weighted by Crippen LogP contribution is 2.45. The van der Waals surface area contributed by atoms with Crippen LogP contribution in [0, 0.1) is 0 Å². The number of halogens is 3. The maximum absolute atomic E-state index is 13.3. The van der Waals surface area contributed by atoms with E-state index in [4.69, 9.17) is 9.57 Å². The van der Waals surface area contributed by atoms with Crippen LogP contribution in [0.4, 0.5) is 24.5 Å². The minimum absolute atomic E-state index is 0.285. The highest BCUT2D eigenvalue weighted by atomic mass is 19.4. The number of anilines is 2. The number of ether oxygens (including phenoxy) is 1. The van der Waals surface area contributed by atoms with E-state index in [1.165, 1.54) is 6.07 Å². The Balaban J connectivity index is 1.73. The third-order valence-corrected chi connectivity index (χ3v) is 5.04. The van der Waals surface area contributed by atoms with Crippen LogP contribution in [-0.2, 0) is 17.6 Å². The van der Waals surface area contributed by atoms with Crippen molar-refractivity contribution < 1.29 is 22.7 Å². The molecular formula is C21H22F3N3O2. The van der Waals surface area contributed by atoms with E-state index in [-0.39, 0.29) is 6.61 Å². The first-order chi connectivity index (χ1) is 13.8. The maximum atomic E-state index is 13.3. The van der Waals surface area contributed by atoms with Crippen LogP contribution in [-0.4, -0.2) is 44.4 Å². The fraction of sp³-hybridized carbons (Fsp3) is 0.381. The molecule has 0 bridgehead atoms. The van der Waals surface area contributed by atoms with Gasteiger partial charge in [-0.05, 0) is 32.3 Å². The van der Waals surface area contributed by atoms with Crippen LogP contribution >= 0.6 is 0 Å². The second-order valence-electron chi connectivity index (χ2n) is 7.36. The Bertz CT molecular complexity index is 941. The average molecular weight is 405 g/mol. The molecule has 0 saturated carbocycles. The molecule has 0 atom stereocenters. The Labute approximate surface area is 167 Å². The third-order valence-electron chi connectivity index (χ3n) is 5.04. The van der Waals surface area contributed by atoms with Gasteiger partial charge in [-0.15, -0.1) is 0 Å². The molecule has 4 rings (SSSR count). The van der Waals surface area contributed by atoms with Gasteiger partial charge < -0.3 is 19.4 Å². The van der Waals surface area contributed by atoms with Crippen molar-refractivity contribution >= 4 is 17.1 Å². The number of hydrogen-bond acceptors (Lipinski definition) is 5. The molecule has 154 valence electrons. The molecule has 0 spiro atoms. The summed E-state index contributed by atoms with van der Waals surface area (Å²) in [4.78, 5) is 9.39. The average Bonchev–Trinajstić information content (AvgIpc) is 2.84. The Morgan fingerprint density at radius 1 is 1.21 bits per heavy atom. The van der Waals surface area contributed by atoms with Crippen LogP contribution in [0.3, 0.4) is 0 Å². The Morgan fingerprint density at radius 2 is 2.03 bits per heavy atom. The quantitative estimate of drug-likeness (QED) is 0.557. The van der Waals surface area contributed by atoms with Gasteiger partial charge >= 0.3 is 6.18 Å². The zero-order valence-electron chi connectivity index (χ0n) is 16.3. The molecule has 0 radical (unpaired) electrons. The van der Waals surface area contributed by atoms with Crippen molar-refractivity contribution in [1.29, 1.82) is 0 Å². The second kappa shape index (κ2) is 7.59. The normalized spacial score (nSPS) is 16.9. The summed E-state index contributed by atoms with van der Waals surface area (Å²) in [5.74, 6) is 0.447. The lowest BCUT2D eigenvalue weighted by atomic mass is 9.95. The molecule has 29 heavy (non-hydrogen) atoms. The number of likely N-dealkylation sites (N-methyl/N-ethyl adjacent to an activating group) is 1. The van der Waals surface area contributed by atoms with Gasteiger partial charge in [0.05, 0.1) is 22.6 Å². The second-order valence-corrected chi connectivity index (χ2v) is 7.36. The molecule has 0 N–H and O–H groups in total. The number of para-hydroxylation sites is 1. The van der Waals surface area contributed by atoms with E-state index >= 15 is 0 Å². The molecule has 2 aromatic rings. The van der Waals surface area contributed by atoms with Gasteiger partial charge in [-0.25, -0.2) is 0 Å². The first-order valence-corrected chi connectivity index (χ1v) is 9.42. The third kappa shape index (κ3) is 3.89. The van der Waals surface area contributed by atoms with Crippen LogP contribution < -0.4 is 9.64 Å². The molecule has 0 amide bonds. The van der Waals surface area contributed by atoms with Crippen LogP contribution in [0.25, 0.3) is 0 Å². The number of oxime groups is 1. The molecule has 0 saturated heterocycles. The summed E-state index contributed by atoms with van der Waals surface area (Å²) in [7, 11) is 3.91. The highest BCUT2D eigenvalue weighted by Gasteiger charge is 2.35. The molecular weight excluding hydrogens is 383 g/mol. The first-order valence-electron chi connectivity index (χ1n) is 9.42. The van der Waals surface area contributed by atoms with Gasteiger partial charge in [-0.3, -0.25) is 0 Å². The smallest absolute Gasteiger partial charge is 0.416 e. The van der Waals surface area contributed by atoms with Crippen molar-refractivity contribution in [2.45, 2.75) is 19.2 Å². The van der Waals surface area contributed by atoms with E-state index in [0.29, 0.717) is 31.0 Å². The summed E-state index contributed by atoms with van der Waals surface area (Å²) < 4.78 is 45.7. The van der Waals surface area contributed by atoms with Crippen molar-refractivity contribution in [2.75, 3.05) is 38.7 Å². The van der Waals surface area contributed by atoms with Gasteiger partial charge in [-0.2, -0.15) is 13.2 Å². The molecule has 2 aliphatic heterocycles. The monoisotopic (exact) mass is 405 g/mol. The van der Waals surface area contributed by atoms with Crippen molar-refractivity contribution in [3.05, 3.63) is 53.1 Å². The molecule has 0 unspecified atom stereocenters. The number of nitrogens with zero attached hydrogens (tertiary/aromatic N) is 3. The summed E-state index contributed by atoms with van der Waals surface area (Å²) in [5, 5.41) is 4.32. The largest absolute Gasteiger partial charge is 0.487 e. The number of rotatable bonds is 4. The van der Waals surface area contributed by atoms with Gasteiger partial charge in [0, 0.05) is 30.6 Å². The van der Waals surface area contributed by atoms with Crippen LogP contribution in [0.2, 0.25) is 0 Å². The van der Waals surface area contributed by atoms with E-state index in [9.17, 15) is 13.2 Å². The molecule has 0 fully saturated rings. The summed E-state index contributed by atoms with van der Waals surface area (Å²) in [5.41, 5.74) is 3.16. The topological polar surface area (TPSA) is 37.3 Å². The van der Waals surface area contributed by atoms with Crippen LogP contribution in [0.1, 0.15) is 23.1 Å². The fourth-order valence-corrected chi connectivity index (χ4v) is 3.59. The predicted octanol–water partition coefficient (Wildman–Crippen LogP) is 4.42. The highest BCUT2D eigenvalue weighted by molar-refractivity contribution is 6.08. The minimum Gasteiger partial charge on any atom is -0.487 e. The van der Waals surface area contributed by atoms with E-state index in [1.807, 2.05) is 42.1 Å². The molecule has 8 heteroatoms. The van der Waals surface area contributed by atoms with Crippen molar-refractivity contribution in [2.24, 2.45) is 5.16 Å². The predicted molar refractivity (Wildman–Crippen MR) is 105 cm³/mol. The van der Waals surface area contributed by atoms with Crippen molar-refractivity contribution in [3.63, 3.8) is 0 Å². The zero-order valence-corrected chi connectivity index (χ0v) is 16.3. The zero-order chi connectivity index (χ0) is 20.6. The summed E-state index contributed by atoms with van der Waals surface area (Å²) in [6, 6.07) is 9.39. The van der Waals surface area contributed by atoms with Gasteiger partial charge in [0.2, 0.25) is 0 Å². The Hall–Kier alpha value is -2.74. The van der Waals surface area contributed by atoms with Gasteiger partial charge in [0.15, 0.2) is 0 Å². The number of fused-ring (bicyclic) bond motifs is 2. The molecule has 0 aromatic heterocycles. The lowest BCUT2D eigenvalue weighted by Gasteiger charge is -2.32. The van der Waals surface area contributed by atoms with Crippen LogP contribution in [0.15, 0.2) is 41.6 Å². The number of benzene rings is 2. The minimum atomic E-state index is -4.41. The number of alkyl halides is 3. The Kier molecular flexibility index (Phi) is 5.12. The molecule has 5 nitrogen and oxygen atoms in total. The summed E-state index contributed by atoms with van der Waals surface area (Å²) >= 11 is 0. The van der Waals surface area contributed by atoms with Gasteiger partial charge in [0.1, 0.15) is 19.0 Å². The maximum Gasteiger partial charge on any atom is 0.416 e. The lowest BCUT2D eigenvalue weighted by Crippen LogP contribution is -2.29. The van der Waals surface area contributed by atoms with E-state index in [0.717, 1.165) is 41.2 Å². The van der Waals surface area contributed by atoms with E-state index in [2.05, 4.69) is 5.16 Å². The fourth-order valence-electron chi connectivity index (χ4n) is 3.59. The summed E-state index contributed by atoms with van der Waals surface area (Å²) in [6.07, 6.45) is -3.85. The van der Waals surface area contributed by atoms with Gasteiger partial charge in [0.25, 0.3) is 0 Å². The van der Waals surface area contributed by atoms with E-state index in [1.54, 1.807) is 0 Å². The molecule has 2 aromatic carbocycles. The Morgan fingerprint density at radius 3 is 2.79 bits per heavy atom. The van der Waals surface area contributed by atoms with Crippen molar-refractivity contribution in [3.8, 4) is 5.75 Å². The SMILES string of the molecule is CN(C)CCO/N=C1/CCN2c3cc(C(F)(F)F)ccc3OCc3cccc1c32. The lowest BCUT2D eigenvalue weighted by molar-refractivity contribution is -0.137.